The van der Waals surface area contributed by atoms with Crippen molar-refractivity contribution in [2.45, 2.75) is 24.9 Å². The number of hydrogen-bond acceptors (Lipinski definition) is 5. The molecule has 0 spiro atoms. The van der Waals surface area contributed by atoms with Gasteiger partial charge in [-0.05, 0) is 67.9 Å². The van der Waals surface area contributed by atoms with Gasteiger partial charge in [-0.1, -0.05) is 23.8 Å². The van der Waals surface area contributed by atoms with Crippen LogP contribution in [0.5, 0.6) is 0 Å². The fourth-order valence-electron chi connectivity index (χ4n) is 3.42. The number of rotatable bonds is 8. The molecule has 0 saturated heterocycles. The zero-order valence-corrected chi connectivity index (χ0v) is 21.6. The van der Waals surface area contributed by atoms with Crippen LogP contribution in [0.15, 0.2) is 71.6 Å². The summed E-state index contributed by atoms with van der Waals surface area (Å²) in [5.74, 6) is -0.841. The minimum atomic E-state index is -4.70. The number of aryl methyl sites for hydroxylation is 2. The molecule has 0 bridgehead atoms. The zero-order valence-electron chi connectivity index (χ0n) is 20.0. The second-order valence-electron chi connectivity index (χ2n) is 8.31. The first kappa shape index (κ1) is 28.0. The fourth-order valence-corrected chi connectivity index (χ4v) is 5.40. The number of carbonyl (C=O) groups is 1. The molecule has 0 radical (unpaired) electrons. The van der Waals surface area contributed by atoms with Crippen molar-refractivity contribution in [3.05, 3.63) is 83.4 Å². The summed E-state index contributed by atoms with van der Waals surface area (Å²) >= 11 is 0. The van der Waals surface area contributed by atoms with Crippen molar-refractivity contribution in [3.63, 3.8) is 0 Å². The number of benzene rings is 3. The van der Waals surface area contributed by atoms with Crippen LogP contribution in [-0.2, 0) is 31.0 Å². The topological polar surface area (TPSA) is 113 Å². The van der Waals surface area contributed by atoms with E-state index >= 15 is 0 Å². The minimum absolute atomic E-state index is 0.0767. The Morgan fingerprint density at radius 1 is 0.919 bits per heavy atom. The molecular formula is C24H24F3N3O5S2. The van der Waals surface area contributed by atoms with Gasteiger partial charge in [0.25, 0.3) is 10.0 Å². The first-order valence-electron chi connectivity index (χ1n) is 10.7. The van der Waals surface area contributed by atoms with Crippen LogP contribution in [0, 0.1) is 13.8 Å². The van der Waals surface area contributed by atoms with E-state index < -0.39 is 44.2 Å². The number of carbonyl (C=O) groups excluding carboxylic acids is 1. The van der Waals surface area contributed by atoms with E-state index in [1.165, 1.54) is 24.3 Å². The van der Waals surface area contributed by atoms with Crippen molar-refractivity contribution in [2.24, 2.45) is 0 Å². The molecule has 3 rings (SSSR count). The minimum Gasteiger partial charge on any atom is -0.325 e. The maximum Gasteiger partial charge on any atom is 0.416 e. The van der Waals surface area contributed by atoms with Crippen molar-refractivity contribution < 1.29 is 34.8 Å². The number of sulfonamides is 2. The number of nitrogens with one attached hydrogen (secondary N) is 2. The Hall–Kier alpha value is -3.58. The highest BCUT2D eigenvalue weighted by molar-refractivity contribution is 7.92. The lowest BCUT2D eigenvalue weighted by Crippen LogP contribution is -2.37. The van der Waals surface area contributed by atoms with Gasteiger partial charge in [0.1, 0.15) is 6.54 Å². The average molecular weight is 556 g/mol. The van der Waals surface area contributed by atoms with E-state index in [1.807, 2.05) is 13.0 Å². The average Bonchev–Trinajstić information content (AvgIpc) is 2.78. The van der Waals surface area contributed by atoms with Crippen LogP contribution in [-0.4, -0.2) is 35.5 Å². The molecule has 37 heavy (non-hydrogen) atoms. The van der Waals surface area contributed by atoms with Gasteiger partial charge in [-0.15, -0.1) is 0 Å². The van der Waals surface area contributed by atoms with Gasteiger partial charge >= 0.3 is 6.18 Å². The first-order chi connectivity index (χ1) is 17.1. The summed E-state index contributed by atoms with van der Waals surface area (Å²) in [6, 6.07) is 14.0. The number of amides is 1. The molecule has 8 nitrogen and oxygen atoms in total. The standard InChI is InChI=1S/C24H24F3N3O5S2/c1-16-7-12-22(17(2)13-16)29-37(34,35)21-10-8-19(9-11-21)28-23(31)15-30(36(3,32)33)20-6-4-5-18(14-20)24(25,26)27/h4-14,29H,15H2,1-3H3,(H,28,31). The third-order valence-corrected chi connectivity index (χ3v) is 7.75. The molecule has 198 valence electrons. The monoisotopic (exact) mass is 555 g/mol. The molecule has 3 aromatic carbocycles. The highest BCUT2D eigenvalue weighted by atomic mass is 32.2. The maximum absolute atomic E-state index is 13.1. The van der Waals surface area contributed by atoms with Crippen LogP contribution in [0.1, 0.15) is 16.7 Å². The second kappa shape index (κ2) is 10.4. The molecule has 3 aromatic rings. The van der Waals surface area contributed by atoms with Crippen molar-refractivity contribution in [2.75, 3.05) is 27.1 Å². The highest BCUT2D eigenvalue weighted by Gasteiger charge is 2.32. The Morgan fingerprint density at radius 2 is 1.57 bits per heavy atom. The molecule has 0 heterocycles. The molecule has 0 aliphatic rings. The Balaban J connectivity index is 1.75. The van der Waals surface area contributed by atoms with Gasteiger partial charge in [0, 0.05) is 5.69 Å². The van der Waals surface area contributed by atoms with Gasteiger partial charge in [-0.3, -0.25) is 13.8 Å². The van der Waals surface area contributed by atoms with E-state index in [1.54, 1.807) is 19.1 Å². The molecule has 0 aliphatic carbocycles. The van der Waals surface area contributed by atoms with Crippen molar-refractivity contribution in [1.82, 2.24) is 0 Å². The number of hydrogen-bond donors (Lipinski definition) is 2. The molecule has 0 atom stereocenters. The lowest BCUT2D eigenvalue weighted by molar-refractivity contribution is -0.137. The van der Waals surface area contributed by atoms with E-state index in [9.17, 15) is 34.8 Å². The van der Waals surface area contributed by atoms with Crippen molar-refractivity contribution in [3.8, 4) is 0 Å². The van der Waals surface area contributed by atoms with Gasteiger partial charge < -0.3 is 5.32 Å². The molecule has 1 amide bonds. The van der Waals surface area contributed by atoms with Gasteiger partial charge in [0.15, 0.2) is 0 Å². The summed E-state index contributed by atoms with van der Waals surface area (Å²) in [6.45, 7) is 2.85. The second-order valence-corrected chi connectivity index (χ2v) is 11.9. The van der Waals surface area contributed by atoms with Crippen LogP contribution in [0.25, 0.3) is 0 Å². The Bertz CT molecular complexity index is 1520. The van der Waals surface area contributed by atoms with Crippen LogP contribution >= 0.6 is 0 Å². The van der Waals surface area contributed by atoms with Gasteiger partial charge in [-0.2, -0.15) is 13.2 Å². The van der Waals surface area contributed by atoms with Crippen molar-refractivity contribution >= 4 is 43.0 Å². The number of alkyl halides is 3. The third-order valence-electron chi connectivity index (χ3n) is 5.22. The van der Waals surface area contributed by atoms with Crippen LogP contribution in [0.3, 0.4) is 0 Å². The number of anilines is 3. The lowest BCUT2D eigenvalue weighted by Gasteiger charge is -2.23. The highest BCUT2D eigenvalue weighted by Crippen LogP contribution is 2.32. The maximum atomic E-state index is 13.1. The summed E-state index contributed by atoms with van der Waals surface area (Å²) in [6.07, 6.45) is -3.93. The SMILES string of the molecule is Cc1ccc(NS(=O)(=O)c2ccc(NC(=O)CN(c3cccc(C(F)(F)F)c3)S(C)(=O)=O)cc2)c(C)c1. The van der Waals surface area contributed by atoms with E-state index in [2.05, 4.69) is 10.0 Å². The van der Waals surface area contributed by atoms with Gasteiger partial charge in [-0.25, -0.2) is 16.8 Å². The fraction of sp³-hybridized carbons (Fsp3) is 0.208. The Kier molecular flexibility index (Phi) is 7.89. The molecule has 0 aliphatic heterocycles. The largest absolute Gasteiger partial charge is 0.416 e. The summed E-state index contributed by atoms with van der Waals surface area (Å²) in [7, 11) is -8.04. The molecule has 0 unspecified atom stereocenters. The van der Waals surface area contributed by atoms with E-state index in [0.717, 1.165) is 35.6 Å². The van der Waals surface area contributed by atoms with E-state index in [-0.39, 0.29) is 16.3 Å². The summed E-state index contributed by atoms with van der Waals surface area (Å²) in [5.41, 5.74) is 0.898. The third kappa shape index (κ3) is 7.23. The first-order valence-corrected chi connectivity index (χ1v) is 14.0. The number of nitrogens with zero attached hydrogens (tertiary/aromatic N) is 1. The quantitative estimate of drug-likeness (QED) is 0.424. The summed E-state index contributed by atoms with van der Waals surface area (Å²) < 4.78 is 92.1. The van der Waals surface area contributed by atoms with Crippen LogP contribution in [0.4, 0.5) is 30.2 Å². The predicted octanol–water partition coefficient (Wildman–Crippen LogP) is 4.53. The van der Waals surface area contributed by atoms with Gasteiger partial charge in [0.05, 0.1) is 28.1 Å². The van der Waals surface area contributed by atoms with Crippen molar-refractivity contribution in [1.29, 1.82) is 0 Å². The summed E-state index contributed by atoms with van der Waals surface area (Å²) in [4.78, 5) is 12.5. The summed E-state index contributed by atoms with van der Waals surface area (Å²) in [5, 5.41) is 2.42. The molecule has 0 fully saturated rings. The normalized spacial score (nSPS) is 12.2. The van der Waals surface area contributed by atoms with Gasteiger partial charge in [0.2, 0.25) is 15.9 Å². The van der Waals surface area contributed by atoms with E-state index in [0.29, 0.717) is 16.1 Å². The number of halogens is 3. The molecule has 2 N–H and O–H groups in total. The molecule has 0 saturated carbocycles. The molecule has 0 aromatic heterocycles. The van der Waals surface area contributed by atoms with E-state index in [4.69, 9.17) is 0 Å². The lowest BCUT2D eigenvalue weighted by atomic mass is 10.1. The van der Waals surface area contributed by atoms with Crippen LogP contribution < -0.4 is 14.3 Å². The predicted molar refractivity (Wildman–Crippen MR) is 135 cm³/mol. The zero-order chi connectivity index (χ0) is 27.6. The molecular weight excluding hydrogens is 531 g/mol. The molecule has 13 heteroatoms. The Labute approximate surface area is 213 Å². The Morgan fingerprint density at radius 3 is 2.14 bits per heavy atom. The smallest absolute Gasteiger partial charge is 0.325 e. The van der Waals surface area contributed by atoms with Crippen LogP contribution in [0.2, 0.25) is 0 Å².